The van der Waals surface area contributed by atoms with Gasteiger partial charge in [0.2, 0.25) is 0 Å². The Bertz CT molecular complexity index is 247. The molecule has 13 heavy (non-hydrogen) atoms. The largest absolute Gasteiger partial charge is 0.383 e. The Hall–Kier alpha value is -0.770. The third-order valence-electron chi connectivity index (χ3n) is 2.00. The van der Waals surface area contributed by atoms with Crippen LogP contribution in [0.15, 0.2) is 6.07 Å². The summed E-state index contributed by atoms with van der Waals surface area (Å²) in [6.07, 6.45) is 3.56. The van der Waals surface area contributed by atoms with E-state index in [1.54, 1.807) is 0 Å². The highest BCUT2D eigenvalue weighted by molar-refractivity contribution is 7.10. The van der Waals surface area contributed by atoms with Crippen molar-refractivity contribution in [1.82, 2.24) is 4.37 Å². The molecule has 0 saturated heterocycles. The van der Waals surface area contributed by atoms with Gasteiger partial charge >= 0.3 is 0 Å². The summed E-state index contributed by atoms with van der Waals surface area (Å²) in [5.41, 5.74) is 5.53. The molecule has 0 radical (unpaired) electrons. The molecule has 1 rings (SSSR count). The van der Waals surface area contributed by atoms with Crippen LogP contribution in [0.3, 0.4) is 0 Å². The molecule has 1 aromatic rings. The van der Waals surface area contributed by atoms with E-state index in [2.05, 4.69) is 23.5 Å². The van der Waals surface area contributed by atoms with Crippen LogP contribution in [0, 0.1) is 0 Å². The van der Waals surface area contributed by atoms with Crippen LogP contribution in [0.4, 0.5) is 10.8 Å². The minimum Gasteiger partial charge on any atom is -0.383 e. The highest BCUT2D eigenvalue weighted by atomic mass is 32.1. The molecule has 0 aliphatic heterocycles. The van der Waals surface area contributed by atoms with Crippen LogP contribution in [0.1, 0.15) is 33.1 Å². The van der Waals surface area contributed by atoms with Crippen molar-refractivity contribution in [3.63, 3.8) is 0 Å². The van der Waals surface area contributed by atoms with Gasteiger partial charge in [0.05, 0.1) is 0 Å². The number of anilines is 2. The lowest BCUT2D eigenvalue weighted by atomic mass is 10.1. The first-order valence-electron chi connectivity index (χ1n) is 4.75. The molecule has 1 aromatic heterocycles. The zero-order valence-corrected chi connectivity index (χ0v) is 9.03. The summed E-state index contributed by atoms with van der Waals surface area (Å²) in [5, 5.41) is 4.51. The summed E-state index contributed by atoms with van der Waals surface area (Å²) < 4.78 is 4.02. The number of rotatable bonds is 5. The van der Waals surface area contributed by atoms with E-state index in [1.807, 2.05) is 6.07 Å². The van der Waals surface area contributed by atoms with Crippen molar-refractivity contribution in [1.29, 1.82) is 0 Å². The van der Waals surface area contributed by atoms with Gasteiger partial charge in [-0.15, -0.1) is 0 Å². The number of aromatic nitrogens is 1. The van der Waals surface area contributed by atoms with Crippen molar-refractivity contribution in [3.8, 4) is 0 Å². The van der Waals surface area contributed by atoms with E-state index in [-0.39, 0.29) is 0 Å². The first-order chi connectivity index (χ1) is 6.26. The van der Waals surface area contributed by atoms with Crippen LogP contribution in [-0.2, 0) is 0 Å². The monoisotopic (exact) mass is 199 g/mol. The van der Waals surface area contributed by atoms with E-state index in [1.165, 1.54) is 24.4 Å². The van der Waals surface area contributed by atoms with Crippen LogP contribution in [0.25, 0.3) is 0 Å². The Morgan fingerprint density at radius 2 is 2.38 bits per heavy atom. The van der Waals surface area contributed by atoms with Crippen molar-refractivity contribution in [2.45, 2.75) is 39.2 Å². The molecule has 0 aromatic carbocycles. The second-order valence-corrected chi connectivity index (χ2v) is 3.96. The average Bonchev–Trinajstić information content (AvgIpc) is 2.50. The number of nitrogen functional groups attached to an aromatic ring is 1. The van der Waals surface area contributed by atoms with E-state index in [4.69, 9.17) is 5.73 Å². The molecule has 0 aliphatic rings. The smallest absolute Gasteiger partial charge is 0.139 e. The summed E-state index contributed by atoms with van der Waals surface area (Å²) in [7, 11) is 0. The van der Waals surface area contributed by atoms with Gasteiger partial charge in [-0.1, -0.05) is 20.3 Å². The zero-order chi connectivity index (χ0) is 9.68. The van der Waals surface area contributed by atoms with Gasteiger partial charge in [0, 0.05) is 12.1 Å². The number of nitrogens with one attached hydrogen (secondary N) is 1. The molecule has 1 unspecified atom stereocenters. The van der Waals surface area contributed by atoms with Gasteiger partial charge < -0.3 is 11.1 Å². The Labute approximate surface area is 83.5 Å². The molecular formula is C9H17N3S. The molecular weight excluding hydrogens is 182 g/mol. The lowest BCUT2D eigenvalue weighted by molar-refractivity contribution is 0.624. The Morgan fingerprint density at radius 1 is 1.62 bits per heavy atom. The number of hydrogen-bond acceptors (Lipinski definition) is 4. The van der Waals surface area contributed by atoms with Crippen molar-refractivity contribution >= 4 is 22.4 Å². The normalized spacial score (nSPS) is 12.8. The van der Waals surface area contributed by atoms with Gasteiger partial charge in [0.25, 0.3) is 0 Å². The van der Waals surface area contributed by atoms with Crippen LogP contribution in [-0.4, -0.2) is 10.4 Å². The molecule has 1 heterocycles. The van der Waals surface area contributed by atoms with E-state index >= 15 is 0 Å². The lowest BCUT2D eigenvalue weighted by Crippen LogP contribution is -2.16. The van der Waals surface area contributed by atoms with E-state index in [0.717, 1.165) is 11.4 Å². The van der Waals surface area contributed by atoms with E-state index < -0.39 is 0 Å². The van der Waals surface area contributed by atoms with Crippen LogP contribution < -0.4 is 11.1 Å². The molecule has 3 N–H and O–H groups in total. The standard InChI is InChI=1S/C9H17N3S/c1-3-5-7(4-2)11-9-6-8(10)12-13-9/h6-7,11H,3-5H2,1-2H3,(H2,10,12). The van der Waals surface area contributed by atoms with Crippen molar-refractivity contribution in [2.24, 2.45) is 0 Å². The molecule has 4 heteroatoms. The second-order valence-electron chi connectivity index (χ2n) is 3.15. The highest BCUT2D eigenvalue weighted by Gasteiger charge is 2.06. The maximum absolute atomic E-state index is 5.53. The number of nitrogens with two attached hydrogens (primary N) is 1. The van der Waals surface area contributed by atoms with Crippen LogP contribution in [0.2, 0.25) is 0 Å². The third kappa shape index (κ3) is 3.22. The Morgan fingerprint density at radius 3 is 2.85 bits per heavy atom. The Kier molecular flexibility index (Phi) is 4.02. The molecule has 3 nitrogen and oxygen atoms in total. The predicted molar refractivity (Wildman–Crippen MR) is 59.1 cm³/mol. The molecule has 0 saturated carbocycles. The maximum atomic E-state index is 5.53. The molecule has 0 spiro atoms. The van der Waals surface area contributed by atoms with Gasteiger partial charge in [0.1, 0.15) is 10.8 Å². The van der Waals surface area contributed by atoms with Crippen LogP contribution in [0.5, 0.6) is 0 Å². The van der Waals surface area contributed by atoms with Gasteiger partial charge in [-0.05, 0) is 24.4 Å². The van der Waals surface area contributed by atoms with Gasteiger partial charge in [-0.25, -0.2) is 0 Å². The lowest BCUT2D eigenvalue weighted by Gasteiger charge is -2.14. The van der Waals surface area contributed by atoms with E-state index in [9.17, 15) is 0 Å². The van der Waals surface area contributed by atoms with Crippen molar-refractivity contribution in [3.05, 3.63) is 6.07 Å². The summed E-state index contributed by atoms with van der Waals surface area (Å²) in [5.74, 6) is 0.610. The van der Waals surface area contributed by atoms with Crippen molar-refractivity contribution < 1.29 is 0 Å². The maximum Gasteiger partial charge on any atom is 0.139 e. The zero-order valence-electron chi connectivity index (χ0n) is 8.21. The summed E-state index contributed by atoms with van der Waals surface area (Å²) in [4.78, 5) is 0. The number of nitrogens with zero attached hydrogens (tertiary/aromatic N) is 1. The topological polar surface area (TPSA) is 50.9 Å². The molecule has 0 aliphatic carbocycles. The summed E-state index contributed by atoms with van der Waals surface area (Å²) in [6.45, 7) is 4.39. The number of hydrogen-bond donors (Lipinski definition) is 2. The fraction of sp³-hybridized carbons (Fsp3) is 0.667. The van der Waals surface area contributed by atoms with Gasteiger partial charge in [-0.3, -0.25) is 0 Å². The van der Waals surface area contributed by atoms with Crippen molar-refractivity contribution in [2.75, 3.05) is 11.1 Å². The quantitative estimate of drug-likeness (QED) is 0.766. The molecule has 74 valence electrons. The minimum absolute atomic E-state index is 0.560. The SMILES string of the molecule is CCCC(CC)Nc1cc(N)ns1. The highest BCUT2D eigenvalue weighted by Crippen LogP contribution is 2.20. The predicted octanol–water partition coefficient (Wildman–Crippen LogP) is 2.72. The molecule has 0 bridgehead atoms. The fourth-order valence-corrected chi connectivity index (χ4v) is 1.93. The fourth-order valence-electron chi connectivity index (χ4n) is 1.28. The molecule has 0 fully saturated rings. The summed E-state index contributed by atoms with van der Waals surface area (Å²) >= 11 is 1.43. The first kappa shape index (κ1) is 10.3. The first-order valence-corrected chi connectivity index (χ1v) is 5.52. The average molecular weight is 199 g/mol. The van der Waals surface area contributed by atoms with Gasteiger partial charge in [-0.2, -0.15) is 4.37 Å². The summed E-state index contributed by atoms with van der Waals surface area (Å²) in [6, 6.07) is 2.45. The second kappa shape index (κ2) is 5.07. The van der Waals surface area contributed by atoms with Gasteiger partial charge in [0.15, 0.2) is 0 Å². The minimum atomic E-state index is 0.560. The molecule has 0 amide bonds. The Balaban J connectivity index is 2.46. The van der Waals surface area contributed by atoms with E-state index in [0.29, 0.717) is 11.9 Å². The van der Waals surface area contributed by atoms with Crippen LogP contribution >= 0.6 is 11.5 Å². The third-order valence-corrected chi connectivity index (χ3v) is 2.74. The molecule has 1 atom stereocenters.